The number of anilines is 1. The second-order valence-electron chi connectivity index (χ2n) is 5.65. The molecule has 4 rings (SSSR count). The summed E-state index contributed by atoms with van der Waals surface area (Å²) >= 11 is 1.21. The van der Waals surface area contributed by atoms with E-state index >= 15 is 0 Å². The summed E-state index contributed by atoms with van der Waals surface area (Å²) in [6.45, 7) is 0. The van der Waals surface area contributed by atoms with Crippen LogP contribution >= 0.6 is 11.3 Å². The zero-order chi connectivity index (χ0) is 19.9. The minimum absolute atomic E-state index is 0.0610. The van der Waals surface area contributed by atoms with Crippen LogP contribution in [0.5, 0.6) is 0 Å². The fourth-order valence-corrected chi connectivity index (χ4v) is 3.16. The van der Waals surface area contributed by atoms with Crippen molar-refractivity contribution in [2.24, 2.45) is 0 Å². The van der Waals surface area contributed by atoms with Gasteiger partial charge in [-0.05, 0) is 18.2 Å². The fraction of sp³-hybridized carbons (Fsp3) is 0.0588. The number of carbonyl (C=O) groups excluding carboxylic acids is 1. The van der Waals surface area contributed by atoms with E-state index in [1.807, 2.05) is 0 Å². The van der Waals surface area contributed by atoms with Gasteiger partial charge in [0.25, 0.3) is 5.91 Å². The average molecular weight is 407 g/mol. The molecule has 4 aromatic rings. The highest BCUT2D eigenvalue weighted by Gasteiger charge is 2.35. The molecule has 0 aliphatic rings. The van der Waals surface area contributed by atoms with E-state index in [1.165, 1.54) is 29.9 Å². The lowest BCUT2D eigenvalue weighted by Gasteiger charge is -2.11. The largest absolute Gasteiger partial charge is 0.417 e. The van der Waals surface area contributed by atoms with Gasteiger partial charge in [-0.15, -0.1) is 11.3 Å². The minimum Gasteiger partial charge on any atom is -0.337 e. The number of carbonyl (C=O) groups is 1. The summed E-state index contributed by atoms with van der Waals surface area (Å²) in [6.07, 6.45) is -0.674. The molecule has 0 bridgehead atoms. The van der Waals surface area contributed by atoms with E-state index in [4.69, 9.17) is 0 Å². The molecule has 11 heteroatoms. The maximum absolute atomic E-state index is 13.3. The van der Waals surface area contributed by atoms with E-state index in [1.54, 1.807) is 5.38 Å². The molecule has 1 aromatic carbocycles. The zero-order valence-corrected chi connectivity index (χ0v) is 14.5. The number of halogens is 4. The van der Waals surface area contributed by atoms with Crippen LogP contribution in [-0.4, -0.2) is 25.8 Å². The summed E-state index contributed by atoms with van der Waals surface area (Å²) in [4.78, 5) is 27.2. The number of amides is 1. The van der Waals surface area contributed by atoms with Crippen LogP contribution in [0.15, 0.2) is 42.2 Å². The van der Waals surface area contributed by atoms with E-state index < -0.39 is 23.5 Å². The molecule has 0 aliphatic carbocycles. The Kier molecular flexibility index (Phi) is 4.30. The maximum Gasteiger partial charge on any atom is 0.417 e. The monoisotopic (exact) mass is 407 g/mol. The molecule has 142 valence electrons. The van der Waals surface area contributed by atoms with Crippen molar-refractivity contribution < 1.29 is 22.4 Å². The summed E-state index contributed by atoms with van der Waals surface area (Å²) in [5, 5.41) is 4.60. The molecule has 1 amide bonds. The van der Waals surface area contributed by atoms with Crippen molar-refractivity contribution in [3.05, 3.63) is 59.1 Å². The van der Waals surface area contributed by atoms with Crippen molar-refractivity contribution in [2.45, 2.75) is 6.18 Å². The van der Waals surface area contributed by atoms with E-state index in [2.05, 4.69) is 25.3 Å². The zero-order valence-electron chi connectivity index (χ0n) is 13.7. The van der Waals surface area contributed by atoms with Crippen molar-refractivity contribution in [3.63, 3.8) is 0 Å². The van der Waals surface area contributed by atoms with Crippen LogP contribution < -0.4 is 5.32 Å². The van der Waals surface area contributed by atoms with Gasteiger partial charge in [0.1, 0.15) is 17.2 Å². The van der Waals surface area contributed by atoms with Gasteiger partial charge in [-0.25, -0.2) is 14.4 Å². The molecular formula is C17H9F4N5OS. The van der Waals surface area contributed by atoms with Crippen LogP contribution in [0.1, 0.15) is 15.9 Å². The summed E-state index contributed by atoms with van der Waals surface area (Å²) in [5.41, 5.74) is -1.05. The average Bonchev–Trinajstić information content (AvgIpc) is 3.29. The summed E-state index contributed by atoms with van der Waals surface area (Å²) in [6, 6.07) is 2.29. The molecular weight excluding hydrogens is 398 g/mol. The molecule has 0 spiro atoms. The van der Waals surface area contributed by atoms with Gasteiger partial charge in [0.05, 0.1) is 22.8 Å². The Morgan fingerprint density at radius 3 is 2.75 bits per heavy atom. The van der Waals surface area contributed by atoms with Gasteiger partial charge >= 0.3 is 6.18 Å². The van der Waals surface area contributed by atoms with E-state index in [-0.39, 0.29) is 28.0 Å². The standard InChI is InChI=1S/C17H9F4N5OS/c18-8-1-2-9(11(5-8)17(19,20)21)14-24-12-7-22-6-10(13(12)25-14)15(27)26-16-23-3-4-28-16/h1-7H,(H,24,25)(H,23,26,27). The molecule has 6 nitrogen and oxygen atoms in total. The molecule has 3 aromatic heterocycles. The van der Waals surface area contributed by atoms with Crippen LogP contribution in [0.25, 0.3) is 22.4 Å². The van der Waals surface area contributed by atoms with Gasteiger partial charge in [0, 0.05) is 23.3 Å². The number of hydrogen-bond donors (Lipinski definition) is 2. The first-order valence-corrected chi connectivity index (χ1v) is 8.62. The highest BCUT2D eigenvalue weighted by atomic mass is 32.1. The van der Waals surface area contributed by atoms with E-state index in [9.17, 15) is 22.4 Å². The summed E-state index contributed by atoms with van der Waals surface area (Å²) in [7, 11) is 0. The molecule has 28 heavy (non-hydrogen) atoms. The smallest absolute Gasteiger partial charge is 0.337 e. The molecule has 2 N–H and O–H groups in total. The molecule has 3 heterocycles. The number of rotatable bonds is 3. The quantitative estimate of drug-likeness (QED) is 0.490. The topological polar surface area (TPSA) is 83.6 Å². The minimum atomic E-state index is -4.78. The number of alkyl halides is 3. The second kappa shape index (κ2) is 6.68. The Bertz CT molecular complexity index is 1170. The fourth-order valence-electron chi connectivity index (χ4n) is 2.63. The number of aromatic nitrogens is 4. The van der Waals surface area contributed by atoms with Crippen LogP contribution in [-0.2, 0) is 6.18 Å². The van der Waals surface area contributed by atoms with E-state index in [0.29, 0.717) is 11.2 Å². The molecule has 0 fully saturated rings. The predicted molar refractivity (Wildman–Crippen MR) is 94.4 cm³/mol. The Labute approximate surface area is 158 Å². The van der Waals surface area contributed by atoms with Gasteiger partial charge < -0.3 is 4.98 Å². The number of benzene rings is 1. The molecule has 0 saturated heterocycles. The third-order valence-corrected chi connectivity index (χ3v) is 4.52. The Morgan fingerprint density at radius 1 is 1.21 bits per heavy atom. The highest BCUT2D eigenvalue weighted by Crippen LogP contribution is 2.37. The third-order valence-electron chi connectivity index (χ3n) is 3.83. The van der Waals surface area contributed by atoms with Crippen LogP contribution in [0.3, 0.4) is 0 Å². The molecule has 0 aliphatic heterocycles. The van der Waals surface area contributed by atoms with Gasteiger partial charge in [0.15, 0.2) is 5.13 Å². The number of aromatic amines is 1. The first-order chi connectivity index (χ1) is 13.3. The van der Waals surface area contributed by atoms with Crippen molar-refractivity contribution in [2.75, 3.05) is 5.32 Å². The van der Waals surface area contributed by atoms with E-state index in [0.717, 1.165) is 12.1 Å². The molecule has 0 unspecified atom stereocenters. The van der Waals surface area contributed by atoms with Crippen molar-refractivity contribution in [1.29, 1.82) is 0 Å². The lowest BCUT2D eigenvalue weighted by molar-refractivity contribution is -0.137. The number of imidazole rings is 1. The second-order valence-corrected chi connectivity index (χ2v) is 6.54. The predicted octanol–water partition coefficient (Wildman–Crippen LogP) is 4.49. The normalized spacial score (nSPS) is 11.7. The molecule has 0 atom stereocenters. The Hall–Kier alpha value is -3.34. The van der Waals surface area contributed by atoms with Gasteiger partial charge in [-0.2, -0.15) is 13.2 Å². The lowest BCUT2D eigenvalue weighted by Crippen LogP contribution is -2.12. The van der Waals surface area contributed by atoms with Crippen LogP contribution in [0.4, 0.5) is 22.7 Å². The lowest BCUT2D eigenvalue weighted by atomic mass is 10.1. The highest BCUT2D eigenvalue weighted by molar-refractivity contribution is 7.13. The first-order valence-electron chi connectivity index (χ1n) is 7.74. The van der Waals surface area contributed by atoms with Gasteiger partial charge in [-0.3, -0.25) is 15.1 Å². The molecule has 0 radical (unpaired) electrons. The third kappa shape index (κ3) is 3.31. The van der Waals surface area contributed by atoms with Crippen LogP contribution in [0, 0.1) is 5.82 Å². The molecule has 0 saturated carbocycles. The number of thiazole rings is 1. The number of fused-ring (bicyclic) bond motifs is 1. The van der Waals surface area contributed by atoms with Crippen molar-refractivity contribution in [3.8, 4) is 11.4 Å². The Balaban J connectivity index is 1.81. The number of H-pyrrole nitrogens is 1. The van der Waals surface area contributed by atoms with Gasteiger partial charge in [0.2, 0.25) is 0 Å². The van der Waals surface area contributed by atoms with Crippen molar-refractivity contribution in [1.82, 2.24) is 19.9 Å². The number of hydrogen-bond acceptors (Lipinski definition) is 5. The van der Waals surface area contributed by atoms with Gasteiger partial charge in [-0.1, -0.05) is 0 Å². The summed E-state index contributed by atoms with van der Waals surface area (Å²) in [5.74, 6) is -1.72. The number of nitrogens with one attached hydrogen (secondary N) is 2. The SMILES string of the molecule is O=C(Nc1nccs1)c1cncc2[nH]c(-c3ccc(F)cc3C(F)(F)F)nc12. The Morgan fingerprint density at radius 2 is 2.04 bits per heavy atom. The van der Waals surface area contributed by atoms with Crippen LogP contribution in [0.2, 0.25) is 0 Å². The number of pyridine rings is 1. The van der Waals surface area contributed by atoms with Crippen molar-refractivity contribution >= 4 is 33.4 Å². The summed E-state index contributed by atoms with van der Waals surface area (Å²) < 4.78 is 53.2. The number of nitrogens with zero attached hydrogens (tertiary/aromatic N) is 3. The maximum atomic E-state index is 13.3. The first kappa shape index (κ1) is 18.0.